The Bertz CT molecular complexity index is 717. The number of nitrogens with one attached hydrogen (secondary N) is 2. The van der Waals surface area contributed by atoms with Gasteiger partial charge in [0, 0.05) is 6.08 Å². The van der Waals surface area contributed by atoms with Crippen molar-refractivity contribution in [1.29, 1.82) is 0 Å². The molecule has 2 aromatic rings. The second-order valence-corrected chi connectivity index (χ2v) is 6.30. The molecule has 0 aromatic heterocycles. The third-order valence-electron chi connectivity index (χ3n) is 3.50. The first-order valence-electron chi connectivity index (χ1n) is 7.73. The Kier molecular flexibility index (Phi) is 6.53. The van der Waals surface area contributed by atoms with Crippen LogP contribution in [-0.4, -0.2) is 26.5 Å². The van der Waals surface area contributed by atoms with Crippen LogP contribution in [0.15, 0.2) is 54.6 Å². The van der Waals surface area contributed by atoms with Gasteiger partial charge in [0.25, 0.3) is 0 Å². The van der Waals surface area contributed by atoms with Crippen molar-refractivity contribution in [1.82, 2.24) is 5.32 Å². The van der Waals surface area contributed by atoms with Crippen molar-refractivity contribution in [3.8, 4) is 0 Å². The van der Waals surface area contributed by atoms with E-state index in [1.165, 1.54) is 23.1 Å². The second kappa shape index (κ2) is 8.62. The molecule has 0 bridgehead atoms. The number of halogens is 2. The first kappa shape index (κ1) is 18.2. The Hall–Kier alpha value is -2.17. The number of likely N-dealkylation sites (N-methyl/N-ethyl adjacent to an activating group) is 1. The molecule has 24 heavy (non-hydrogen) atoms. The number of amides is 1. The molecule has 2 rings (SSSR count). The lowest BCUT2D eigenvalue weighted by molar-refractivity contribution is -0.860. The van der Waals surface area contributed by atoms with Crippen LogP contribution in [0.5, 0.6) is 0 Å². The minimum atomic E-state index is -0.476. The summed E-state index contributed by atoms with van der Waals surface area (Å²) in [5.74, 6) is -0.679. The van der Waals surface area contributed by atoms with E-state index in [9.17, 15) is 9.18 Å². The van der Waals surface area contributed by atoms with Crippen LogP contribution in [-0.2, 0) is 4.79 Å². The van der Waals surface area contributed by atoms with Crippen LogP contribution in [0.3, 0.4) is 0 Å². The minimum Gasteiger partial charge on any atom is -0.340 e. The third-order valence-corrected chi connectivity index (χ3v) is 3.79. The maximum Gasteiger partial charge on any atom is 0.244 e. The maximum absolute atomic E-state index is 13.1. The number of rotatable bonds is 6. The van der Waals surface area contributed by atoms with Gasteiger partial charge >= 0.3 is 0 Å². The first-order valence-corrected chi connectivity index (χ1v) is 8.11. The summed E-state index contributed by atoms with van der Waals surface area (Å²) in [5.41, 5.74) is 1.73. The van der Waals surface area contributed by atoms with Crippen LogP contribution in [0.25, 0.3) is 6.08 Å². The zero-order valence-corrected chi connectivity index (χ0v) is 14.5. The van der Waals surface area contributed by atoms with Gasteiger partial charge in [-0.15, -0.1) is 0 Å². The molecule has 0 fully saturated rings. The largest absolute Gasteiger partial charge is 0.340 e. The molecule has 0 saturated heterocycles. The standard InChI is InChI=1S/C19H20ClFN2O/c1-23(2)13-18(15-6-4-3-5-7-15)22-19(24)11-9-14-8-10-17(21)16(20)12-14/h3-12,18H,13H2,1-2H3,(H,22,24)/p+1/b11-9+/t18-/m0/s1. The number of carbonyl (C=O) groups is 1. The Balaban J connectivity index is 2.07. The summed E-state index contributed by atoms with van der Waals surface area (Å²) in [5, 5.41) is 3.05. The van der Waals surface area contributed by atoms with Crippen molar-refractivity contribution in [3.63, 3.8) is 0 Å². The number of quaternary nitrogens is 1. The Morgan fingerprint density at radius 1 is 1.25 bits per heavy atom. The summed E-state index contributed by atoms with van der Waals surface area (Å²) >= 11 is 5.74. The van der Waals surface area contributed by atoms with Crippen LogP contribution in [0.4, 0.5) is 4.39 Å². The van der Waals surface area contributed by atoms with Crippen molar-refractivity contribution >= 4 is 23.6 Å². The van der Waals surface area contributed by atoms with Gasteiger partial charge in [0.2, 0.25) is 5.91 Å². The van der Waals surface area contributed by atoms with Gasteiger partial charge in [0.05, 0.1) is 19.1 Å². The highest BCUT2D eigenvalue weighted by atomic mass is 35.5. The molecule has 1 amide bonds. The van der Waals surface area contributed by atoms with Crippen molar-refractivity contribution in [2.75, 3.05) is 20.6 Å². The number of benzene rings is 2. The van der Waals surface area contributed by atoms with E-state index in [2.05, 4.69) is 5.32 Å². The molecule has 0 saturated carbocycles. The quantitative estimate of drug-likeness (QED) is 0.773. The molecule has 1 atom stereocenters. The SMILES string of the molecule is C[NH+](C)C[C@H](NC(=O)/C=C/c1ccc(F)c(Cl)c1)c1ccccc1. The molecule has 126 valence electrons. The Morgan fingerprint density at radius 3 is 2.58 bits per heavy atom. The van der Waals surface area contributed by atoms with Crippen molar-refractivity contribution in [3.05, 3.63) is 76.6 Å². The fraction of sp³-hybridized carbons (Fsp3) is 0.211. The number of carbonyl (C=O) groups excluding carboxylic acids is 1. The van der Waals surface area contributed by atoms with Crippen molar-refractivity contribution in [2.24, 2.45) is 0 Å². The van der Waals surface area contributed by atoms with E-state index in [0.29, 0.717) is 5.56 Å². The van der Waals surface area contributed by atoms with Gasteiger partial charge in [0.1, 0.15) is 18.4 Å². The summed E-state index contributed by atoms with van der Waals surface area (Å²) in [6, 6.07) is 14.1. The van der Waals surface area contributed by atoms with Gasteiger partial charge in [-0.3, -0.25) is 4.79 Å². The highest BCUT2D eigenvalue weighted by Crippen LogP contribution is 2.17. The average molecular weight is 348 g/mol. The van der Waals surface area contributed by atoms with Crippen molar-refractivity contribution in [2.45, 2.75) is 6.04 Å². The molecule has 0 spiro atoms. The van der Waals surface area contributed by atoms with E-state index in [-0.39, 0.29) is 17.0 Å². The summed E-state index contributed by atoms with van der Waals surface area (Å²) in [7, 11) is 4.08. The van der Waals surface area contributed by atoms with E-state index < -0.39 is 5.82 Å². The fourth-order valence-corrected chi connectivity index (χ4v) is 2.54. The molecule has 3 nitrogen and oxygen atoms in total. The summed E-state index contributed by atoms with van der Waals surface area (Å²) in [6.07, 6.45) is 3.05. The average Bonchev–Trinajstić information content (AvgIpc) is 2.56. The van der Waals surface area contributed by atoms with Gasteiger partial charge in [-0.2, -0.15) is 0 Å². The lowest BCUT2D eigenvalue weighted by Crippen LogP contribution is -3.06. The molecule has 0 aliphatic carbocycles. The Morgan fingerprint density at radius 2 is 1.96 bits per heavy atom. The van der Waals surface area contributed by atoms with E-state index in [0.717, 1.165) is 12.1 Å². The predicted molar refractivity (Wildman–Crippen MR) is 95.4 cm³/mol. The molecule has 0 unspecified atom stereocenters. The zero-order chi connectivity index (χ0) is 17.5. The van der Waals surface area contributed by atoms with Crippen LogP contribution in [0.2, 0.25) is 5.02 Å². The second-order valence-electron chi connectivity index (χ2n) is 5.89. The van der Waals surface area contributed by atoms with E-state index in [1.807, 2.05) is 44.4 Å². The monoisotopic (exact) mass is 347 g/mol. The van der Waals surface area contributed by atoms with Crippen molar-refractivity contribution < 1.29 is 14.1 Å². The summed E-state index contributed by atoms with van der Waals surface area (Å²) in [6.45, 7) is 0.770. The van der Waals surface area contributed by atoms with E-state index in [1.54, 1.807) is 12.1 Å². The van der Waals surface area contributed by atoms with E-state index >= 15 is 0 Å². The summed E-state index contributed by atoms with van der Waals surface area (Å²) < 4.78 is 13.1. The molecule has 5 heteroatoms. The predicted octanol–water partition coefficient (Wildman–Crippen LogP) is 2.49. The minimum absolute atomic E-state index is 0.0379. The molecular weight excluding hydrogens is 327 g/mol. The van der Waals surface area contributed by atoms with Crippen LogP contribution in [0, 0.1) is 5.82 Å². The summed E-state index contributed by atoms with van der Waals surface area (Å²) in [4.78, 5) is 13.5. The fourth-order valence-electron chi connectivity index (χ4n) is 2.35. The maximum atomic E-state index is 13.1. The Labute approximate surface area is 146 Å². The van der Waals surface area contributed by atoms with Crippen LogP contribution < -0.4 is 10.2 Å². The molecular formula is C19H21ClFN2O+. The van der Waals surface area contributed by atoms with Gasteiger partial charge in [-0.1, -0.05) is 48.0 Å². The van der Waals surface area contributed by atoms with E-state index in [4.69, 9.17) is 11.6 Å². The molecule has 0 aliphatic heterocycles. The molecule has 0 radical (unpaired) electrons. The highest BCUT2D eigenvalue weighted by molar-refractivity contribution is 6.30. The zero-order valence-electron chi connectivity index (χ0n) is 13.7. The normalized spacial score (nSPS) is 12.5. The van der Waals surface area contributed by atoms with Crippen LogP contribution >= 0.6 is 11.6 Å². The lowest BCUT2D eigenvalue weighted by Gasteiger charge is -2.20. The van der Waals surface area contributed by atoms with Gasteiger partial charge < -0.3 is 10.2 Å². The van der Waals surface area contributed by atoms with Gasteiger partial charge in [-0.25, -0.2) is 4.39 Å². The molecule has 0 heterocycles. The van der Waals surface area contributed by atoms with Gasteiger partial charge in [0.15, 0.2) is 0 Å². The molecule has 2 N–H and O–H groups in total. The smallest absolute Gasteiger partial charge is 0.244 e. The topological polar surface area (TPSA) is 33.5 Å². The molecule has 0 aliphatic rings. The highest BCUT2D eigenvalue weighted by Gasteiger charge is 2.16. The molecule has 2 aromatic carbocycles. The lowest BCUT2D eigenvalue weighted by atomic mass is 10.1. The van der Waals surface area contributed by atoms with Crippen LogP contribution in [0.1, 0.15) is 17.2 Å². The first-order chi connectivity index (χ1) is 11.5. The number of hydrogen-bond acceptors (Lipinski definition) is 1. The van der Waals surface area contributed by atoms with Gasteiger partial charge in [-0.05, 0) is 29.3 Å². The third kappa shape index (κ3) is 5.48. The number of hydrogen-bond donors (Lipinski definition) is 2.